The van der Waals surface area contributed by atoms with Crippen LogP contribution in [0.5, 0.6) is 0 Å². The largest absolute Gasteiger partial charge is 0.344 e. The van der Waals surface area contributed by atoms with Crippen LogP contribution in [0.25, 0.3) is 0 Å². The molecule has 3 N–H and O–H groups in total. The van der Waals surface area contributed by atoms with E-state index in [1.807, 2.05) is 0 Å². The van der Waals surface area contributed by atoms with Crippen molar-refractivity contribution in [2.24, 2.45) is 0 Å². The summed E-state index contributed by atoms with van der Waals surface area (Å²) in [7, 11) is 0. The second-order valence-electron chi connectivity index (χ2n) is 1.17. The summed E-state index contributed by atoms with van der Waals surface area (Å²) in [5.74, 6) is 0. The lowest BCUT2D eigenvalue weighted by atomic mass is 10.5. The SMILES string of the molecule is Clc1cccnc1.N. The van der Waals surface area contributed by atoms with Gasteiger partial charge < -0.3 is 6.15 Å². The molecule has 0 unspecified atom stereocenters. The Hall–Kier alpha value is -0.600. The van der Waals surface area contributed by atoms with Crippen molar-refractivity contribution in [1.82, 2.24) is 11.1 Å². The zero-order valence-electron chi connectivity index (χ0n) is 4.34. The zero-order chi connectivity index (χ0) is 5.11. The fourth-order valence-corrected chi connectivity index (χ4v) is 0.471. The summed E-state index contributed by atoms with van der Waals surface area (Å²) >= 11 is 5.48. The number of halogens is 1. The second-order valence-corrected chi connectivity index (χ2v) is 1.61. The summed E-state index contributed by atoms with van der Waals surface area (Å²) in [4.78, 5) is 3.75. The number of hydrogen-bond acceptors (Lipinski definition) is 2. The van der Waals surface area contributed by atoms with E-state index < -0.39 is 0 Å². The fraction of sp³-hybridized carbons (Fsp3) is 0. The minimum absolute atomic E-state index is 0. The Labute approximate surface area is 53.1 Å². The minimum atomic E-state index is 0. The highest BCUT2D eigenvalue weighted by atomic mass is 35.5. The van der Waals surface area contributed by atoms with Crippen molar-refractivity contribution in [2.75, 3.05) is 0 Å². The molecule has 2 nitrogen and oxygen atoms in total. The maximum atomic E-state index is 5.48. The van der Waals surface area contributed by atoms with Crippen LogP contribution in [0.2, 0.25) is 5.02 Å². The molecule has 0 atom stereocenters. The molecule has 1 heterocycles. The van der Waals surface area contributed by atoms with Gasteiger partial charge in [0, 0.05) is 12.4 Å². The highest BCUT2D eigenvalue weighted by Gasteiger charge is 1.76. The molecule has 1 aromatic heterocycles. The molecule has 0 saturated carbocycles. The van der Waals surface area contributed by atoms with Crippen LogP contribution >= 0.6 is 11.6 Å². The van der Waals surface area contributed by atoms with Crippen molar-refractivity contribution >= 4 is 11.6 Å². The highest BCUT2D eigenvalue weighted by Crippen LogP contribution is 2.00. The highest BCUT2D eigenvalue weighted by molar-refractivity contribution is 6.30. The summed E-state index contributed by atoms with van der Waals surface area (Å²) in [5.41, 5.74) is 0. The smallest absolute Gasteiger partial charge is 0.0589 e. The summed E-state index contributed by atoms with van der Waals surface area (Å²) in [6.07, 6.45) is 3.29. The van der Waals surface area contributed by atoms with E-state index in [0.717, 1.165) is 0 Å². The molecule has 1 rings (SSSR count). The molecular weight excluding hydrogens is 124 g/mol. The molecule has 0 radical (unpaired) electrons. The third kappa shape index (κ3) is 1.91. The first-order valence-electron chi connectivity index (χ1n) is 1.95. The molecule has 1 aromatic rings. The zero-order valence-corrected chi connectivity index (χ0v) is 5.10. The van der Waals surface area contributed by atoms with Gasteiger partial charge in [-0.3, -0.25) is 4.98 Å². The lowest BCUT2D eigenvalue weighted by Crippen LogP contribution is -1.64. The average molecular weight is 131 g/mol. The van der Waals surface area contributed by atoms with Crippen LogP contribution in [0.3, 0.4) is 0 Å². The summed E-state index contributed by atoms with van der Waals surface area (Å²) in [6, 6.07) is 3.58. The number of pyridine rings is 1. The van der Waals surface area contributed by atoms with Crippen LogP contribution in [0.4, 0.5) is 0 Å². The third-order valence-corrected chi connectivity index (χ3v) is 0.849. The Morgan fingerprint density at radius 1 is 1.50 bits per heavy atom. The first-order valence-corrected chi connectivity index (χ1v) is 2.33. The van der Waals surface area contributed by atoms with Gasteiger partial charge in [-0.05, 0) is 12.1 Å². The van der Waals surface area contributed by atoms with E-state index in [-0.39, 0.29) is 6.15 Å². The van der Waals surface area contributed by atoms with E-state index in [4.69, 9.17) is 11.6 Å². The van der Waals surface area contributed by atoms with Gasteiger partial charge in [-0.15, -0.1) is 0 Å². The van der Waals surface area contributed by atoms with Crippen LogP contribution in [-0.4, -0.2) is 4.98 Å². The molecule has 3 heteroatoms. The molecule has 0 bridgehead atoms. The Bertz CT molecular complexity index is 140. The first kappa shape index (κ1) is 7.40. The Morgan fingerprint density at radius 3 is 2.50 bits per heavy atom. The van der Waals surface area contributed by atoms with E-state index >= 15 is 0 Å². The van der Waals surface area contributed by atoms with Crippen LogP contribution in [0.1, 0.15) is 0 Å². The van der Waals surface area contributed by atoms with Gasteiger partial charge in [0.1, 0.15) is 0 Å². The summed E-state index contributed by atoms with van der Waals surface area (Å²) in [6.45, 7) is 0. The number of hydrogen-bond donors (Lipinski definition) is 1. The molecule has 0 saturated heterocycles. The van der Waals surface area contributed by atoms with Gasteiger partial charge in [0.15, 0.2) is 0 Å². The molecule has 0 amide bonds. The normalized spacial score (nSPS) is 7.62. The molecular formula is C5H7ClN2. The van der Waals surface area contributed by atoms with E-state index in [1.165, 1.54) is 0 Å². The lowest BCUT2D eigenvalue weighted by molar-refractivity contribution is 1.33. The Balaban J connectivity index is 0.000000490. The number of nitrogens with zero attached hydrogens (tertiary/aromatic N) is 1. The minimum Gasteiger partial charge on any atom is -0.344 e. The quantitative estimate of drug-likeness (QED) is 0.583. The molecule has 0 aliphatic heterocycles. The molecule has 0 aliphatic rings. The lowest BCUT2D eigenvalue weighted by Gasteiger charge is -1.79. The molecule has 44 valence electrons. The Kier molecular flexibility index (Phi) is 3.15. The predicted molar refractivity (Wildman–Crippen MR) is 34.3 cm³/mol. The van der Waals surface area contributed by atoms with Crippen molar-refractivity contribution in [3.05, 3.63) is 29.5 Å². The molecule has 0 aromatic carbocycles. The van der Waals surface area contributed by atoms with Gasteiger partial charge in [0.25, 0.3) is 0 Å². The van der Waals surface area contributed by atoms with E-state index in [0.29, 0.717) is 5.02 Å². The first-order chi connectivity index (χ1) is 3.39. The van der Waals surface area contributed by atoms with Gasteiger partial charge >= 0.3 is 0 Å². The van der Waals surface area contributed by atoms with E-state index in [1.54, 1.807) is 24.5 Å². The maximum absolute atomic E-state index is 5.48. The van der Waals surface area contributed by atoms with E-state index in [2.05, 4.69) is 4.98 Å². The van der Waals surface area contributed by atoms with Gasteiger partial charge in [0.2, 0.25) is 0 Å². The standard InChI is InChI=1S/C5H4ClN.H3N/c6-5-2-1-3-7-4-5;/h1-4H;1H3. The van der Waals surface area contributed by atoms with Crippen molar-refractivity contribution < 1.29 is 0 Å². The second kappa shape index (κ2) is 3.41. The molecule has 0 aliphatic carbocycles. The maximum Gasteiger partial charge on any atom is 0.0589 e. The number of rotatable bonds is 0. The van der Waals surface area contributed by atoms with Crippen LogP contribution < -0.4 is 6.15 Å². The molecule has 0 fully saturated rings. The number of aromatic nitrogens is 1. The van der Waals surface area contributed by atoms with Crippen molar-refractivity contribution in [1.29, 1.82) is 0 Å². The topological polar surface area (TPSA) is 47.9 Å². The molecule has 0 spiro atoms. The predicted octanol–water partition coefficient (Wildman–Crippen LogP) is 1.90. The monoisotopic (exact) mass is 130 g/mol. The van der Waals surface area contributed by atoms with Gasteiger partial charge in [0.05, 0.1) is 5.02 Å². The average Bonchev–Trinajstić information content (AvgIpc) is 1.69. The van der Waals surface area contributed by atoms with Crippen LogP contribution in [-0.2, 0) is 0 Å². The van der Waals surface area contributed by atoms with Crippen LogP contribution in [0.15, 0.2) is 24.5 Å². The summed E-state index contributed by atoms with van der Waals surface area (Å²) < 4.78 is 0. The Morgan fingerprint density at radius 2 is 2.25 bits per heavy atom. The van der Waals surface area contributed by atoms with Gasteiger partial charge in [-0.25, -0.2) is 0 Å². The van der Waals surface area contributed by atoms with E-state index in [9.17, 15) is 0 Å². The molecule has 8 heavy (non-hydrogen) atoms. The fourth-order valence-electron chi connectivity index (χ4n) is 0.342. The van der Waals surface area contributed by atoms with Crippen LogP contribution in [0, 0.1) is 0 Å². The van der Waals surface area contributed by atoms with Gasteiger partial charge in [-0.2, -0.15) is 0 Å². The summed E-state index contributed by atoms with van der Waals surface area (Å²) in [5, 5.41) is 0.683. The van der Waals surface area contributed by atoms with Crippen molar-refractivity contribution in [3.63, 3.8) is 0 Å². The van der Waals surface area contributed by atoms with Crippen molar-refractivity contribution in [2.45, 2.75) is 0 Å². The third-order valence-electron chi connectivity index (χ3n) is 0.625. The van der Waals surface area contributed by atoms with Crippen molar-refractivity contribution in [3.8, 4) is 0 Å². The van der Waals surface area contributed by atoms with Gasteiger partial charge in [-0.1, -0.05) is 11.6 Å².